The van der Waals surface area contributed by atoms with Crippen molar-refractivity contribution in [1.29, 1.82) is 0 Å². The average Bonchev–Trinajstić information content (AvgIpc) is 2.48. The smallest absolute Gasteiger partial charge is 0.328 e. The Balaban J connectivity index is 4.63. The summed E-state index contributed by atoms with van der Waals surface area (Å²) in [4.78, 5) is 34.0. The zero-order valence-electron chi connectivity index (χ0n) is 14.3. The van der Waals surface area contributed by atoms with Crippen LogP contribution in [0.25, 0.3) is 0 Å². The van der Waals surface area contributed by atoms with Gasteiger partial charge in [0.2, 0.25) is 5.91 Å². The Bertz CT molecular complexity index is 449. The number of amides is 3. The highest BCUT2D eigenvalue weighted by atomic mass is 16.4. The van der Waals surface area contributed by atoms with Crippen molar-refractivity contribution in [2.45, 2.75) is 37.6 Å². The van der Waals surface area contributed by atoms with Crippen molar-refractivity contribution in [3.05, 3.63) is 0 Å². The van der Waals surface area contributed by atoms with Crippen molar-refractivity contribution in [3.63, 3.8) is 0 Å². The Morgan fingerprint density at radius 3 is 2.28 bits per heavy atom. The molecule has 0 heterocycles. The van der Waals surface area contributed by atoms with Crippen molar-refractivity contribution in [1.82, 2.24) is 21.1 Å². The van der Waals surface area contributed by atoms with Gasteiger partial charge in [0.15, 0.2) is 6.04 Å². The molecule has 4 atom stereocenters. The molecule has 0 rings (SSSR count). The van der Waals surface area contributed by atoms with Gasteiger partial charge in [0.25, 0.3) is 0 Å². The van der Waals surface area contributed by atoms with Gasteiger partial charge >= 0.3 is 12.0 Å². The first kappa shape index (κ1) is 23.0. The van der Waals surface area contributed by atoms with Crippen LogP contribution in [0.1, 0.15) is 13.3 Å². The monoisotopic (exact) mass is 364 g/mol. The molecule has 0 aliphatic carbocycles. The van der Waals surface area contributed by atoms with E-state index in [1.807, 2.05) is 0 Å². The summed E-state index contributed by atoms with van der Waals surface area (Å²) in [5, 5.41) is 33.3. The van der Waals surface area contributed by atoms with E-state index in [1.165, 1.54) is 6.92 Å². The highest BCUT2D eigenvalue weighted by molar-refractivity contribution is 5.83. The molecular weight excluding hydrogens is 336 g/mol. The van der Waals surface area contributed by atoms with Crippen LogP contribution in [0.5, 0.6) is 0 Å². The number of nitrogens with two attached hydrogens (primary N) is 2. The fourth-order valence-corrected chi connectivity index (χ4v) is 1.91. The maximum absolute atomic E-state index is 11.9. The van der Waals surface area contributed by atoms with E-state index >= 15 is 0 Å². The molecule has 12 nitrogen and oxygen atoms in total. The molecule has 3 amide bonds. The van der Waals surface area contributed by atoms with Crippen molar-refractivity contribution >= 4 is 17.9 Å². The second-order valence-corrected chi connectivity index (χ2v) is 5.73. The molecule has 10 N–H and O–H groups in total. The summed E-state index contributed by atoms with van der Waals surface area (Å²) in [6.07, 6.45) is -1.49. The second-order valence-electron chi connectivity index (χ2n) is 5.73. The van der Waals surface area contributed by atoms with Crippen LogP contribution in [0.2, 0.25) is 0 Å². The number of carboxylic acid groups (broad SMARTS) is 1. The lowest BCUT2D eigenvalue weighted by molar-refractivity contribution is -0.141. The van der Waals surface area contributed by atoms with Gasteiger partial charge in [-0.1, -0.05) is 0 Å². The van der Waals surface area contributed by atoms with Crippen LogP contribution in [0.15, 0.2) is 0 Å². The van der Waals surface area contributed by atoms with Gasteiger partial charge in [-0.15, -0.1) is 0 Å². The number of nitrogens with one attached hydrogen (secondary N) is 3. The third kappa shape index (κ3) is 10.5. The zero-order valence-corrected chi connectivity index (χ0v) is 14.3. The molecule has 0 spiro atoms. The molecule has 0 aromatic heterocycles. The maximum Gasteiger partial charge on any atom is 0.328 e. The fourth-order valence-electron chi connectivity index (χ4n) is 1.91. The maximum atomic E-state index is 11.9. The molecular formula is C13H28N6O6. The van der Waals surface area contributed by atoms with Crippen LogP contribution in [-0.4, -0.2) is 89.2 Å². The lowest BCUT2D eigenvalue weighted by atomic mass is 10.2. The van der Waals surface area contributed by atoms with E-state index in [0.717, 1.165) is 0 Å². The minimum Gasteiger partial charge on any atom is -0.480 e. The number of carboxylic acids is 1. The number of carbonyl (C=O) groups is 3. The average molecular weight is 364 g/mol. The van der Waals surface area contributed by atoms with Crippen molar-refractivity contribution < 1.29 is 29.7 Å². The Morgan fingerprint density at radius 1 is 1.24 bits per heavy atom. The summed E-state index contributed by atoms with van der Waals surface area (Å²) in [5.41, 5.74) is 13.6. The third-order valence-corrected chi connectivity index (χ3v) is 3.17. The summed E-state index contributed by atoms with van der Waals surface area (Å²) in [6.45, 7) is 1.45. The molecule has 12 heteroatoms. The summed E-state index contributed by atoms with van der Waals surface area (Å²) < 4.78 is 0. The molecule has 0 saturated carbocycles. The minimum atomic E-state index is -1.49. The molecule has 0 saturated heterocycles. The molecule has 146 valence electrons. The first-order valence-corrected chi connectivity index (χ1v) is 7.64. The van der Waals surface area contributed by atoms with E-state index in [1.54, 1.807) is 12.1 Å². The number of hydrazine groups is 1. The zero-order chi connectivity index (χ0) is 19.6. The molecule has 0 aliphatic rings. The number of aliphatic hydroxyl groups is 2. The largest absolute Gasteiger partial charge is 0.480 e. The highest BCUT2D eigenvalue weighted by Crippen LogP contribution is 1.95. The highest BCUT2D eigenvalue weighted by Gasteiger charge is 2.26. The lowest BCUT2D eigenvalue weighted by Gasteiger charge is -2.25. The van der Waals surface area contributed by atoms with Gasteiger partial charge in [-0.3, -0.25) is 10.2 Å². The number of likely N-dealkylation sites (N-methyl/N-ethyl adjacent to an activating group) is 1. The van der Waals surface area contributed by atoms with Crippen LogP contribution >= 0.6 is 0 Å². The molecule has 0 aromatic carbocycles. The topological polar surface area (TPSA) is 203 Å². The molecule has 1 unspecified atom stereocenters. The first-order chi connectivity index (χ1) is 11.6. The predicted molar refractivity (Wildman–Crippen MR) is 88.1 cm³/mol. The predicted octanol–water partition coefficient (Wildman–Crippen LogP) is -3.88. The van der Waals surface area contributed by atoms with Crippen molar-refractivity contribution in [3.8, 4) is 0 Å². The molecule has 0 aliphatic heterocycles. The van der Waals surface area contributed by atoms with Gasteiger partial charge in [0.05, 0.1) is 18.8 Å². The number of aliphatic carboxylic acids is 1. The molecule has 0 radical (unpaired) electrons. The first-order valence-electron chi connectivity index (χ1n) is 7.64. The van der Waals surface area contributed by atoms with Crippen LogP contribution < -0.4 is 27.5 Å². The van der Waals surface area contributed by atoms with Gasteiger partial charge < -0.3 is 37.4 Å². The number of nitrogens with zero attached hydrogens (tertiary/aromatic N) is 1. The van der Waals surface area contributed by atoms with Crippen molar-refractivity contribution in [2.75, 3.05) is 26.7 Å². The number of carbonyl (C=O) groups excluding carboxylic acids is 2. The molecule has 25 heavy (non-hydrogen) atoms. The number of urea groups is 1. The summed E-state index contributed by atoms with van der Waals surface area (Å²) in [6, 6.07) is -3.55. The number of hydrogen-bond acceptors (Lipinski definition) is 8. The summed E-state index contributed by atoms with van der Waals surface area (Å²) in [5.74, 6) is -2.06. The standard InChI is InChI=1S/C13H28N6O6/c1-7(21)11(12(23)24)18-13(25)17-9(3-10(15)22)4-16-19(2)5-8(14)6-20/h7-9,11,16,20-21H,3-6,14H2,1-2H3,(H2,15,22)(H,23,24)(H2,17,18,25)/t7?,8-,9+,11+/m1/s1. The molecule has 0 aromatic rings. The van der Waals surface area contributed by atoms with Crippen LogP contribution in [-0.2, 0) is 9.59 Å². The summed E-state index contributed by atoms with van der Waals surface area (Å²) >= 11 is 0. The Morgan fingerprint density at radius 2 is 1.84 bits per heavy atom. The van der Waals surface area contributed by atoms with Gasteiger partial charge in [-0.2, -0.15) is 0 Å². The van der Waals surface area contributed by atoms with E-state index in [2.05, 4.69) is 16.1 Å². The molecule has 0 bridgehead atoms. The van der Waals surface area contributed by atoms with Crippen molar-refractivity contribution in [2.24, 2.45) is 11.5 Å². The second kappa shape index (κ2) is 11.5. The quantitative estimate of drug-likeness (QED) is 0.159. The summed E-state index contributed by atoms with van der Waals surface area (Å²) in [7, 11) is 1.66. The number of rotatable bonds is 12. The third-order valence-electron chi connectivity index (χ3n) is 3.17. The number of hydrogen-bond donors (Lipinski definition) is 8. The van der Waals surface area contributed by atoms with Gasteiger partial charge in [-0.05, 0) is 6.92 Å². The van der Waals surface area contributed by atoms with E-state index in [-0.39, 0.29) is 19.6 Å². The number of primary amides is 1. The van der Waals surface area contributed by atoms with Crippen LogP contribution in [0.3, 0.4) is 0 Å². The Hall–Kier alpha value is -1.99. The Labute approximate surface area is 145 Å². The minimum absolute atomic E-state index is 0.109. The fraction of sp³-hybridized carbons (Fsp3) is 0.769. The van der Waals surface area contributed by atoms with Gasteiger partial charge in [0.1, 0.15) is 0 Å². The normalized spacial score (nSPS) is 15.9. The number of aliphatic hydroxyl groups excluding tert-OH is 2. The van der Waals surface area contributed by atoms with E-state index < -0.39 is 42.1 Å². The van der Waals surface area contributed by atoms with Gasteiger partial charge in [-0.25, -0.2) is 14.6 Å². The Kier molecular flexibility index (Phi) is 10.6. The van der Waals surface area contributed by atoms with E-state index in [9.17, 15) is 19.5 Å². The SMILES string of the molecule is CC(O)[C@H](NC(=O)N[C@H](CNN(C)C[C@@H](N)CO)CC(N)=O)C(=O)O. The van der Waals surface area contributed by atoms with Crippen LogP contribution in [0.4, 0.5) is 4.79 Å². The van der Waals surface area contributed by atoms with Crippen LogP contribution in [0, 0.1) is 0 Å². The van der Waals surface area contributed by atoms with Gasteiger partial charge in [0, 0.05) is 32.6 Å². The molecule has 0 fully saturated rings. The van der Waals surface area contributed by atoms with E-state index in [0.29, 0.717) is 6.54 Å². The van der Waals surface area contributed by atoms with E-state index in [4.69, 9.17) is 21.7 Å². The lowest BCUT2D eigenvalue weighted by Crippen LogP contribution is -2.56.